The molecule has 176 valence electrons. The molecule has 3 aromatic rings. The van der Waals surface area contributed by atoms with E-state index in [0.717, 1.165) is 33.8 Å². The standard InChI is InChI=1S/C28H30N2O3S/c1-17-2-7-23-24(8-17)34-27(30-23)21-3-5-22(6-4-21)29-25(31)16-33-26(32)15-28-12-18-9-19(13-28)11-20(10-18)14-28/h2-8,18-20H,9-16H2,1H3,(H,29,31). The van der Waals surface area contributed by atoms with Crippen LogP contribution < -0.4 is 5.32 Å². The zero-order chi connectivity index (χ0) is 23.3. The van der Waals surface area contributed by atoms with E-state index in [1.165, 1.54) is 48.8 Å². The lowest BCUT2D eigenvalue weighted by molar-refractivity contribution is -0.154. The van der Waals surface area contributed by atoms with Crippen LogP contribution in [0.3, 0.4) is 0 Å². The number of aryl methyl sites for hydroxylation is 1. The van der Waals surface area contributed by atoms with Crippen LogP contribution in [0.5, 0.6) is 0 Å². The van der Waals surface area contributed by atoms with E-state index in [2.05, 4.69) is 24.4 Å². The molecule has 34 heavy (non-hydrogen) atoms. The highest BCUT2D eigenvalue weighted by atomic mass is 32.1. The Morgan fingerprint density at radius 3 is 2.38 bits per heavy atom. The van der Waals surface area contributed by atoms with Gasteiger partial charge in [0.25, 0.3) is 5.91 Å². The highest BCUT2D eigenvalue weighted by molar-refractivity contribution is 7.21. The van der Waals surface area contributed by atoms with E-state index in [1.54, 1.807) is 11.3 Å². The Hall–Kier alpha value is -2.73. The van der Waals surface area contributed by atoms with Gasteiger partial charge < -0.3 is 10.1 Å². The molecular formula is C28H30N2O3S. The first-order valence-corrected chi connectivity index (χ1v) is 13.2. The Balaban J connectivity index is 1.02. The first kappa shape index (κ1) is 21.8. The monoisotopic (exact) mass is 474 g/mol. The predicted molar refractivity (Wildman–Crippen MR) is 135 cm³/mol. The van der Waals surface area contributed by atoms with Gasteiger partial charge in [0.2, 0.25) is 0 Å². The van der Waals surface area contributed by atoms with Crippen LogP contribution in [0.4, 0.5) is 5.69 Å². The number of thiazole rings is 1. The maximum atomic E-state index is 12.6. The molecule has 0 saturated heterocycles. The van der Waals surface area contributed by atoms with Crippen LogP contribution in [0.2, 0.25) is 0 Å². The lowest BCUT2D eigenvalue weighted by Crippen LogP contribution is -2.47. The molecule has 0 atom stereocenters. The van der Waals surface area contributed by atoms with Gasteiger partial charge in [-0.25, -0.2) is 4.98 Å². The molecule has 0 aliphatic heterocycles. The second kappa shape index (κ2) is 8.49. The fourth-order valence-corrected chi connectivity index (χ4v) is 8.13. The van der Waals surface area contributed by atoms with E-state index < -0.39 is 0 Å². The summed E-state index contributed by atoms with van der Waals surface area (Å²) in [5, 5.41) is 3.79. The number of amides is 1. The summed E-state index contributed by atoms with van der Waals surface area (Å²) in [7, 11) is 0. The van der Waals surface area contributed by atoms with Crippen LogP contribution in [0, 0.1) is 30.1 Å². The van der Waals surface area contributed by atoms with E-state index in [-0.39, 0.29) is 23.9 Å². The molecule has 4 fully saturated rings. The molecule has 4 aliphatic carbocycles. The highest BCUT2D eigenvalue weighted by Gasteiger charge is 2.51. The van der Waals surface area contributed by atoms with Crippen molar-refractivity contribution in [1.29, 1.82) is 0 Å². The molecule has 4 saturated carbocycles. The second-order valence-electron chi connectivity index (χ2n) is 10.9. The van der Waals surface area contributed by atoms with Gasteiger partial charge in [0, 0.05) is 11.3 Å². The molecule has 4 aliphatic rings. The summed E-state index contributed by atoms with van der Waals surface area (Å²) in [6.07, 6.45) is 8.04. The number of carbonyl (C=O) groups is 2. The minimum Gasteiger partial charge on any atom is -0.456 e. The molecule has 1 N–H and O–H groups in total. The Labute approximate surface area is 203 Å². The zero-order valence-corrected chi connectivity index (χ0v) is 20.3. The highest BCUT2D eigenvalue weighted by Crippen LogP contribution is 2.61. The van der Waals surface area contributed by atoms with Crippen molar-refractivity contribution in [2.45, 2.75) is 51.9 Å². The molecule has 0 radical (unpaired) electrons. The Morgan fingerprint density at radius 2 is 1.71 bits per heavy atom. The third kappa shape index (κ3) is 4.36. The van der Waals surface area contributed by atoms with Gasteiger partial charge in [0.1, 0.15) is 5.01 Å². The van der Waals surface area contributed by atoms with Crippen molar-refractivity contribution in [1.82, 2.24) is 4.98 Å². The van der Waals surface area contributed by atoms with E-state index in [0.29, 0.717) is 12.1 Å². The molecular weight excluding hydrogens is 444 g/mol. The third-order valence-corrected chi connectivity index (χ3v) is 9.08. The smallest absolute Gasteiger partial charge is 0.306 e. The normalized spacial score (nSPS) is 27.1. The molecule has 0 unspecified atom stereocenters. The van der Waals surface area contributed by atoms with Gasteiger partial charge in [-0.15, -0.1) is 11.3 Å². The number of benzene rings is 2. The quantitative estimate of drug-likeness (QED) is 0.422. The summed E-state index contributed by atoms with van der Waals surface area (Å²) in [4.78, 5) is 29.7. The fourth-order valence-electron chi connectivity index (χ4n) is 7.06. The number of nitrogens with one attached hydrogen (secondary N) is 1. The number of rotatable bonds is 6. The number of nitrogens with zero attached hydrogens (tertiary/aromatic N) is 1. The Morgan fingerprint density at radius 1 is 1.03 bits per heavy atom. The van der Waals surface area contributed by atoms with Crippen LogP contribution in [0.15, 0.2) is 42.5 Å². The van der Waals surface area contributed by atoms with Crippen molar-refractivity contribution in [2.75, 3.05) is 11.9 Å². The molecule has 0 spiro atoms. The first-order valence-electron chi connectivity index (χ1n) is 12.4. The number of hydrogen-bond acceptors (Lipinski definition) is 5. The van der Waals surface area contributed by atoms with Crippen molar-refractivity contribution in [3.05, 3.63) is 48.0 Å². The van der Waals surface area contributed by atoms with Crippen molar-refractivity contribution < 1.29 is 14.3 Å². The summed E-state index contributed by atoms with van der Waals surface area (Å²) in [5.74, 6) is 1.88. The molecule has 7 rings (SSSR count). The minimum absolute atomic E-state index is 0.136. The van der Waals surface area contributed by atoms with Crippen LogP contribution in [-0.4, -0.2) is 23.5 Å². The fraction of sp³-hybridized carbons (Fsp3) is 0.464. The second-order valence-corrected chi connectivity index (χ2v) is 11.9. The number of hydrogen-bond donors (Lipinski definition) is 1. The predicted octanol–water partition coefficient (Wildman–Crippen LogP) is 6.36. The third-order valence-electron chi connectivity index (χ3n) is 8.01. The maximum absolute atomic E-state index is 12.6. The average Bonchev–Trinajstić information content (AvgIpc) is 3.20. The van der Waals surface area contributed by atoms with E-state index in [9.17, 15) is 9.59 Å². The van der Waals surface area contributed by atoms with Crippen molar-refractivity contribution in [3.63, 3.8) is 0 Å². The van der Waals surface area contributed by atoms with Gasteiger partial charge in [0.05, 0.1) is 16.6 Å². The first-order chi connectivity index (χ1) is 16.4. The lowest BCUT2D eigenvalue weighted by Gasteiger charge is -2.56. The lowest BCUT2D eigenvalue weighted by atomic mass is 9.49. The van der Waals surface area contributed by atoms with Crippen LogP contribution in [0.1, 0.15) is 50.5 Å². The van der Waals surface area contributed by atoms with Crippen LogP contribution in [0.25, 0.3) is 20.8 Å². The van der Waals surface area contributed by atoms with Gasteiger partial charge in [0.15, 0.2) is 6.61 Å². The average molecular weight is 475 g/mol. The number of ether oxygens (including phenoxy) is 1. The van der Waals surface area contributed by atoms with Crippen molar-refractivity contribution >= 4 is 39.1 Å². The Bertz CT molecular complexity index is 1210. The van der Waals surface area contributed by atoms with Gasteiger partial charge >= 0.3 is 5.97 Å². The molecule has 1 aromatic heterocycles. The van der Waals surface area contributed by atoms with Gasteiger partial charge in [-0.3, -0.25) is 9.59 Å². The number of esters is 1. The largest absolute Gasteiger partial charge is 0.456 e. The molecule has 6 heteroatoms. The topological polar surface area (TPSA) is 68.3 Å². The number of anilines is 1. The maximum Gasteiger partial charge on any atom is 0.306 e. The summed E-state index contributed by atoms with van der Waals surface area (Å²) >= 11 is 1.66. The van der Waals surface area contributed by atoms with E-state index in [1.807, 2.05) is 30.3 Å². The Kier molecular flexibility index (Phi) is 5.44. The van der Waals surface area contributed by atoms with Crippen LogP contribution >= 0.6 is 11.3 Å². The molecule has 1 amide bonds. The number of fused-ring (bicyclic) bond motifs is 1. The van der Waals surface area contributed by atoms with Crippen molar-refractivity contribution in [2.24, 2.45) is 23.2 Å². The van der Waals surface area contributed by atoms with Crippen LogP contribution in [-0.2, 0) is 14.3 Å². The van der Waals surface area contributed by atoms with E-state index >= 15 is 0 Å². The molecule has 5 nitrogen and oxygen atoms in total. The molecule has 1 heterocycles. The number of carbonyl (C=O) groups excluding carboxylic acids is 2. The van der Waals surface area contributed by atoms with Gasteiger partial charge in [-0.1, -0.05) is 6.07 Å². The van der Waals surface area contributed by atoms with Crippen molar-refractivity contribution in [3.8, 4) is 10.6 Å². The molecule has 4 bridgehead atoms. The summed E-state index contributed by atoms with van der Waals surface area (Å²) < 4.78 is 6.56. The SMILES string of the molecule is Cc1ccc2nc(-c3ccc(NC(=O)COC(=O)CC45CC6CC(CC(C6)C4)C5)cc3)sc2c1. The summed E-state index contributed by atoms with van der Waals surface area (Å²) in [6.45, 7) is 1.85. The molecule has 2 aromatic carbocycles. The zero-order valence-electron chi connectivity index (χ0n) is 19.5. The summed E-state index contributed by atoms with van der Waals surface area (Å²) in [5.41, 5.74) is 4.05. The minimum atomic E-state index is -0.304. The number of aromatic nitrogens is 1. The summed E-state index contributed by atoms with van der Waals surface area (Å²) in [6, 6.07) is 13.9. The van der Waals surface area contributed by atoms with Gasteiger partial charge in [-0.05, 0) is 111 Å². The van der Waals surface area contributed by atoms with E-state index in [4.69, 9.17) is 9.72 Å². The van der Waals surface area contributed by atoms with Gasteiger partial charge in [-0.2, -0.15) is 0 Å².